The molecule has 1 aromatic heterocycles. The molecule has 0 aliphatic carbocycles. The van der Waals surface area contributed by atoms with Gasteiger partial charge in [0.2, 0.25) is 5.88 Å². The Morgan fingerprint density at radius 1 is 1.35 bits per heavy atom. The highest BCUT2D eigenvalue weighted by atomic mass is 32.2. The van der Waals surface area contributed by atoms with Gasteiger partial charge in [-0.3, -0.25) is 4.98 Å². The van der Waals surface area contributed by atoms with Gasteiger partial charge in [0.05, 0.1) is 18.4 Å². The second kappa shape index (κ2) is 10.00. The molecule has 0 bridgehead atoms. The molecule has 0 amide bonds. The molecular formula is C15H26N2O2S. The van der Waals surface area contributed by atoms with Gasteiger partial charge < -0.3 is 9.47 Å². The van der Waals surface area contributed by atoms with E-state index in [4.69, 9.17) is 9.47 Å². The van der Waals surface area contributed by atoms with Crippen LogP contribution in [-0.2, 0) is 4.74 Å². The Morgan fingerprint density at radius 3 is 2.70 bits per heavy atom. The number of rotatable bonds is 4. The Bertz CT molecular complexity index is 375. The van der Waals surface area contributed by atoms with Gasteiger partial charge in [-0.15, -0.1) is 11.8 Å². The van der Waals surface area contributed by atoms with Crippen molar-refractivity contribution < 1.29 is 9.47 Å². The van der Waals surface area contributed by atoms with Crippen molar-refractivity contribution in [1.29, 1.82) is 0 Å². The quantitative estimate of drug-likeness (QED) is 0.845. The highest BCUT2D eigenvalue weighted by Gasteiger charge is 2.17. The Morgan fingerprint density at radius 2 is 2.10 bits per heavy atom. The molecule has 1 aromatic rings. The van der Waals surface area contributed by atoms with E-state index in [2.05, 4.69) is 23.8 Å². The topological polar surface area (TPSA) is 44.2 Å². The van der Waals surface area contributed by atoms with Crippen LogP contribution < -0.4 is 4.74 Å². The molecule has 2 atom stereocenters. The van der Waals surface area contributed by atoms with E-state index < -0.39 is 0 Å². The maximum atomic E-state index is 5.69. The van der Waals surface area contributed by atoms with Crippen molar-refractivity contribution in [2.24, 2.45) is 0 Å². The molecule has 2 rings (SSSR count). The van der Waals surface area contributed by atoms with Gasteiger partial charge in [-0.1, -0.05) is 13.3 Å². The van der Waals surface area contributed by atoms with Gasteiger partial charge in [-0.05, 0) is 39.4 Å². The molecular weight excluding hydrogens is 272 g/mol. The van der Waals surface area contributed by atoms with E-state index in [1.54, 1.807) is 12.4 Å². The highest BCUT2D eigenvalue weighted by Crippen LogP contribution is 2.25. The maximum Gasteiger partial charge on any atom is 0.235 e. The second-order valence-electron chi connectivity index (χ2n) is 4.65. The molecule has 1 aliphatic heterocycles. The first kappa shape index (κ1) is 17.2. The minimum Gasteiger partial charge on any atom is -0.477 e. The van der Waals surface area contributed by atoms with E-state index in [1.165, 1.54) is 25.0 Å². The summed E-state index contributed by atoms with van der Waals surface area (Å²) in [5.74, 6) is 1.91. The normalized spacial score (nSPS) is 21.8. The van der Waals surface area contributed by atoms with E-state index in [-0.39, 0.29) is 0 Å². The first-order valence-corrected chi connectivity index (χ1v) is 8.39. The third kappa shape index (κ3) is 6.57. The maximum absolute atomic E-state index is 5.69. The summed E-state index contributed by atoms with van der Waals surface area (Å²) < 4.78 is 10.9. The van der Waals surface area contributed by atoms with Crippen LogP contribution in [0.25, 0.3) is 0 Å². The average Bonchev–Trinajstić information content (AvgIpc) is 2.43. The summed E-state index contributed by atoms with van der Waals surface area (Å²) in [6, 6.07) is 0. The fourth-order valence-corrected chi connectivity index (χ4v) is 2.92. The lowest BCUT2D eigenvalue weighted by Gasteiger charge is -2.26. The Kier molecular flexibility index (Phi) is 8.62. The zero-order valence-electron chi connectivity index (χ0n) is 13.0. The van der Waals surface area contributed by atoms with Gasteiger partial charge in [0.15, 0.2) is 0 Å². The van der Waals surface area contributed by atoms with Gasteiger partial charge in [0.1, 0.15) is 5.44 Å². The summed E-state index contributed by atoms with van der Waals surface area (Å²) in [7, 11) is 0. The molecule has 2 unspecified atom stereocenters. The molecule has 2 heterocycles. The summed E-state index contributed by atoms with van der Waals surface area (Å²) in [4.78, 5) is 7.99. The van der Waals surface area contributed by atoms with Crippen molar-refractivity contribution >= 4 is 11.8 Å². The fourth-order valence-electron chi connectivity index (χ4n) is 1.95. The number of thioether (sulfide) groups is 1. The van der Waals surface area contributed by atoms with Crippen LogP contribution in [0.2, 0.25) is 0 Å². The zero-order chi connectivity index (χ0) is 14.8. The minimum absolute atomic E-state index is 0.435. The molecule has 4 nitrogen and oxygen atoms in total. The summed E-state index contributed by atoms with van der Waals surface area (Å²) in [5.41, 5.74) is 1.27. The second-order valence-corrected chi connectivity index (χ2v) is 6.06. The summed E-state index contributed by atoms with van der Waals surface area (Å²) >= 11 is 1.93. The van der Waals surface area contributed by atoms with E-state index >= 15 is 0 Å². The van der Waals surface area contributed by atoms with Crippen LogP contribution in [0, 0.1) is 6.92 Å². The van der Waals surface area contributed by atoms with Crippen molar-refractivity contribution in [3.63, 3.8) is 0 Å². The lowest BCUT2D eigenvalue weighted by Crippen LogP contribution is -2.23. The van der Waals surface area contributed by atoms with Gasteiger partial charge in [-0.2, -0.15) is 0 Å². The van der Waals surface area contributed by atoms with Crippen molar-refractivity contribution in [2.75, 3.05) is 12.4 Å². The molecule has 20 heavy (non-hydrogen) atoms. The third-order valence-corrected chi connectivity index (χ3v) is 3.96. The van der Waals surface area contributed by atoms with Gasteiger partial charge in [0.25, 0.3) is 0 Å². The molecule has 1 fully saturated rings. The Labute approximate surface area is 126 Å². The standard InChI is InChI=1S/C8H16OS.C7H10N2O/c1-3-4-8-5-6-10-7(2)9-8;1-3-10-7-6(2)8-4-5-9-7/h7-8H,3-6H2,1-2H3;4-5H,3H2,1-2H3. The largest absolute Gasteiger partial charge is 0.477 e. The number of hydrogen-bond donors (Lipinski definition) is 0. The predicted molar refractivity (Wildman–Crippen MR) is 84.3 cm³/mol. The number of aryl methyl sites for hydroxylation is 1. The van der Waals surface area contributed by atoms with E-state index in [1.807, 2.05) is 25.6 Å². The van der Waals surface area contributed by atoms with E-state index in [0.717, 1.165) is 5.69 Å². The van der Waals surface area contributed by atoms with Crippen LogP contribution in [-0.4, -0.2) is 33.9 Å². The Balaban J connectivity index is 0.000000200. The molecule has 0 aromatic carbocycles. The van der Waals surface area contributed by atoms with Gasteiger partial charge in [-0.25, -0.2) is 4.98 Å². The van der Waals surface area contributed by atoms with Crippen LogP contribution >= 0.6 is 11.8 Å². The SMILES string of the molecule is CCCC1CCSC(C)O1.CCOc1nccnc1C. The van der Waals surface area contributed by atoms with Gasteiger partial charge in [0, 0.05) is 12.4 Å². The fraction of sp³-hybridized carbons (Fsp3) is 0.733. The number of hydrogen-bond acceptors (Lipinski definition) is 5. The van der Waals surface area contributed by atoms with E-state index in [9.17, 15) is 0 Å². The summed E-state index contributed by atoms with van der Waals surface area (Å²) in [5, 5.41) is 0. The first-order valence-electron chi connectivity index (χ1n) is 7.34. The van der Waals surface area contributed by atoms with Crippen molar-refractivity contribution in [2.45, 2.75) is 58.5 Å². The summed E-state index contributed by atoms with van der Waals surface area (Å²) in [6.45, 7) is 8.80. The first-order chi connectivity index (χ1) is 9.67. The van der Waals surface area contributed by atoms with Crippen molar-refractivity contribution in [3.05, 3.63) is 18.1 Å². The average molecular weight is 298 g/mol. The molecule has 0 saturated carbocycles. The molecule has 114 valence electrons. The minimum atomic E-state index is 0.435. The van der Waals surface area contributed by atoms with Crippen LogP contribution in [0.5, 0.6) is 5.88 Å². The number of nitrogens with zero attached hydrogens (tertiary/aromatic N) is 2. The lowest BCUT2D eigenvalue weighted by molar-refractivity contribution is 0.0289. The predicted octanol–water partition coefficient (Wildman–Crippen LogP) is 3.84. The number of aromatic nitrogens is 2. The molecule has 0 spiro atoms. The monoisotopic (exact) mass is 298 g/mol. The van der Waals surface area contributed by atoms with E-state index in [0.29, 0.717) is 24.0 Å². The zero-order valence-corrected chi connectivity index (χ0v) is 13.8. The van der Waals surface area contributed by atoms with Crippen LogP contribution in [0.1, 0.15) is 45.7 Å². The van der Waals surface area contributed by atoms with Crippen LogP contribution in [0.15, 0.2) is 12.4 Å². The molecule has 0 radical (unpaired) electrons. The Hall–Kier alpha value is -0.810. The van der Waals surface area contributed by atoms with Crippen LogP contribution in [0.3, 0.4) is 0 Å². The number of ether oxygens (including phenoxy) is 2. The van der Waals surface area contributed by atoms with Crippen molar-refractivity contribution in [3.8, 4) is 5.88 Å². The molecule has 1 aliphatic rings. The molecule has 1 saturated heterocycles. The van der Waals surface area contributed by atoms with Gasteiger partial charge >= 0.3 is 0 Å². The lowest BCUT2D eigenvalue weighted by atomic mass is 10.1. The summed E-state index contributed by atoms with van der Waals surface area (Å²) in [6.07, 6.45) is 7.58. The highest BCUT2D eigenvalue weighted by molar-refractivity contribution is 7.99. The third-order valence-electron chi connectivity index (χ3n) is 2.90. The molecule has 0 N–H and O–H groups in total. The molecule has 5 heteroatoms. The van der Waals surface area contributed by atoms with Crippen molar-refractivity contribution in [1.82, 2.24) is 9.97 Å². The smallest absolute Gasteiger partial charge is 0.235 e. The van der Waals surface area contributed by atoms with Crippen LogP contribution in [0.4, 0.5) is 0 Å².